The van der Waals surface area contributed by atoms with Crippen LogP contribution in [0.15, 0.2) is 18.2 Å². The van der Waals surface area contributed by atoms with Gasteiger partial charge >= 0.3 is 0 Å². The van der Waals surface area contributed by atoms with Crippen LogP contribution in [0, 0.1) is 11.6 Å². The van der Waals surface area contributed by atoms with Crippen LogP contribution < -0.4 is 5.32 Å². The minimum atomic E-state index is -0.561. The molecular weight excluding hydrogens is 274 g/mol. The van der Waals surface area contributed by atoms with E-state index >= 15 is 0 Å². The first kappa shape index (κ1) is 14.4. The van der Waals surface area contributed by atoms with Crippen LogP contribution in [0.2, 0.25) is 0 Å². The molecule has 114 valence electrons. The van der Waals surface area contributed by atoms with Crippen molar-refractivity contribution in [2.45, 2.75) is 37.1 Å². The number of amides is 1. The van der Waals surface area contributed by atoms with Crippen molar-refractivity contribution in [1.82, 2.24) is 10.2 Å². The number of halogens is 2. The highest BCUT2D eigenvalue weighted by atomic mass is 19.1. The highest BCUT2D eigenvalue weighted by Crippen LogP contribution is 2.40. The van der Waals surface area contributed by atoms with Crippen molar-refractivity contribution in [2.75, 3.05) is 20.1 Å². The zero-order chi connectivity index (χ0) is 15.0. The molecule has 2 heterocycles. The highest BCUT2D eigenvalue weighted by molar-refractivity contribution is 5.77. The molecule has 2 aliphatic heterocycles. The number of likely N-dealkylation sites (N-methyl/N-ethyl adjacent to an activating group) is 1. The summed E-state index contributed by atoms with van der Waals surface area (Å²) in [5.74, 6) is -1.15. The number of nitrogens with one attached hydrogen (secondary N) is 1. The van der Waals surface area contributed by atoms with Gasteiger partial charge < -0.3 is 10.2 Å². The van der Waals surface area contributed by atoms with E-state index in [2.05, 4.69) is 10.2 Å². The first-order chi connectivity index (χ1) is 9.98. The zero-order valence-electron chi connectivity index (χ0n) is 12.2. The van der Waals surface area contributed by atoms with Crippen LogP contribution in [0.1, 0.15) is 37.2 Å². The molecular formula is C16H20F2N2O. The quantitative estimate of drug-likeness (QED) is 0.863. The molecule has 1 amide bonds. The predicted molar refractivity (Wildman–Crippen MR) is 75.9 cm³/mol. The fourth-order valence-corrected chi connectivity index (χ4v) is 3.85. The van der Waals surface area contributed by atoms with E-state index in [0.717, 1.165) is 31.9 Å². The largest absolute Gasteiger partial charge is 0.349 e. The molecule has 2 atom stereocenters. The molecule has 3 rings (SSSR count). The van der Waals surface area contributed by atoms with E-state index in [4.69, 9.17) is 0 Å². The Hall–Kier alpha value is -1.49. The third-order valence-electron chi connectivity index (χ3n) is 4.67. The Kier molecular flexibility index (Phi) is 3.69. The third-order valence-corrected chi connectivity index (χ3v) is 4.67. The van der Waals surface area contributed by atoms with Gasteiger partial charge in [0.05, 0.1) is 5.54 Å². The second-order valence-electron chi connectivity index (χ2n) is 6.36. The van der Waals surface area contributed by atoms with Gasteiger partial charge in [0.15, 0.2) is 0 Å². The summed E-state index contributed by atoms with van der Waals surface area (Å²) in [4.78, 5) is 14.1. The monoisotopic (exact) mass is 294 g/mol. The highest BCUT2D eigenvalue weighted by Gasteiger charge is 2.47. The van der Waals surface area contributed by atoms with Crippen molar-refractivity contribution in [3.8, 4) is 0 Å². The zero-order valence-corrected chi connectivity index (χ0v) is 12.2. The summed E-state index contributed by atoms with van der Waals surface area (Å²) in [5.41, 5.74) is 0.238. The summed E-state index contributed by atoms with van der Waals surface area (Å²) in [6.45, 7) is 1.42. The molecule has 0 aromatic heterocycles. The molecule has 2 aliphatic rings. The SMILES string of the molecule is CN1C[C@@H](c2cc(F)cc(F)c2)[C@@]2(CCCCC(=O)N2)C1. The topological polar surface area (TPSA) is 32.3 Å². The number of carbonyl (C=O) groups excluding carboxylic acids is 1. The Morgan fingerprint density at radius 1 is 1.24 bits per heavy atom. The molecule has 1 aromatic rings. The van der Waals surface area contributed by atoms with Gasteiger partial charge in [-0.05, 0) is 37.6 Å². The molecule has 2 saturated heterocycles. The summed E-state index contributed by atoms with van der Waals surface area (Å²) in [6, 6.07) is 3.68. The van der Waals surface area contributed by atoms with Gasteiger partial charge in [-0.2, -0.15) is 0 Å². The normalized spacial score (nSPS) is 30.4. The van der Waals surface area contributed by atoms with E-state index in [1.807, 2.05) is 7.05 Å². The molecule has 0 unspecified atom stereocenters. The number of likely N-dealkylation sites (tertiary alicyclic amines) is 1. The van der Waals surface area contributed by atoms with Gasteiger partial charge in [0, 0.05) is 31.5 Å². The first-order valence-corrected chi connectivity index (χ1v) is 7.44. The van der Waals surface area contributed by atoms with Gasteiger partial charge in [-0.15, -0.1) is 0 Å². The van der Waals surface area contributed by atoms with Crippen LogP contribution >= 0.6 is 0 Å². The fourth-order valence-electron chi connectivity index (χ4n) is 3.85. The molecule has 5 heteroatoms. The maximum absolute atomic E-state index is 13.6. The molecule has 1 spiro atoms. The summed E-state index contributed by atoms with van der Waals surface area (Å²) >= 11 is 0. The van der Waals surface area contributed by atoms with E-state index in [0.29, 0.717) is 18.5 Å². The molecule has 0 bridgehead atoms. The second kappa shape index (κ2) is 5.37. The molecule has 0 radical (unpaired) electrons. The van der Waals surface area contributed by atoms with Crippen LogP contribution in [-0.2, 0) is 4.79 Å². The number of nitrogens with zero attached hydrogens (tertiary/aromatic N) is 1. The summed E-state index contributed by atoms with van der Waals surface area (Å²) in [7, 11) is 1.98. The molecule has 1 aromatic carbocycles. The van der Waals surface area contributed by atoms with Crippen LogP contribution in [0.4, 0.5) is 8.78 Å². The Morgan fingerprint density at radius 2 is 1.95 bits per heavy atom. The average molecular weight is 294 g/mol. The van der Waals surface area contributed by atoms with Crippen molar-refractivity contribution in [3.63, 3.8) is 0 Å². The lowest BCUT2D eigenvalue weighted by atomic mass is 9.79. The van der Waals surface area contributed by atoms with Crippen LogP contribution in [0.5, 0.6) is 0 Å². The molecule has 21 heavy (non-hydrogen) atoms. The minimum Gasteiger partial charge on any atom is -0.349 e. The third kappa shape index (κ3) is 2.79. The number of rotatable bonds is 1. The van der Waals surface area contributed by atoms with E-state index < -0.39 is 17.2 Å². The lowest BCUT2D eigenvalue weighted by Crippen LogP contribution is -2.52. The minimum absolute atomic E-state index is 0.0460. The second-order valence-corrected chi connectivity index (χ2v) is 6.36. The van der Waals surface area contributed by atoms with E-state index in [9.17, 15) is 13.6 Å². The van der Waals surface area contributed by atoms with Crippen molar-refractivity contribution in [2.24, 2.45) is 0 Å². The van der Waals surface area contributed by atoms with E-state index in [-0.39, 0.29) is 11.8 Å². The van der Waals surface area contributed by atoms with Crippen LogP contribution in [0.25, 0.3) is 0 Å². The maximum Gasteiger partial charge on any atom is 0.220 e. The Morgan fingerprint density at radius 3 is 2.67 bits per heavy atom. The number of hydrogen-bond donors (Lipinski definition) is 1. The van der Waals surface area contributed by atoms with Gasteiger partial charge in [0.25, 0.3) is 0 Å². The average Bonchev–Trinajstić information content (AvgIpc) is 2.57. The van der Waals surface area contributed by atoms with Crippen molar-refractivity contribution < 1.29 is 13.6 Å². The van der Waals surface area contributed by atoms with Gasteiger partial charge in [-0.25, -0.2) is 8.78 Å². The molecule has 3 nitrogen and oxygen atoms in total. The van der Waals surface area contributed by atoms with E-state index in [1.54, 1.807) is 0 Å². The first-order valence-electron chi connectivity index (χ1n) is 7.44. The Bertz CT molecular complexity index is 543. The fraction of sp³-hybridized carbons (Fsp3) is 0.562. The molecule has 2 fully saturated rings. The standard InChI is InChI=1S/C16H20F2N2O/c1-20-9-14(11-6-12(17)8-13(18)7-11)16(10-20)5-3-2-4-15(21)19-16/h6-8,14H,2-5,9-10H2,1H3,(H,19,21)/t14-,16+/m0/s1. The van der Waals surface area contributed by atoms with Crippen molar-refractivity contribution in [1.29, 1.82) is 0 Å². The molecule has 1 N–H and O–H groups in total. The van der Waals surface area contributed by atoms with E-state index in [1.165, 1.54) is 12.1 Å². The lowest BCUT2D eigenvalue weighted by molar-refractivity contribution is -0.122. The van der Waals surface area contributed by atoms with Crippen LogP contribution in [0.3, 0.4) is 0 Å². The smallest absolute Gasteiger partial charge is 0.220 e. The summed E-state index contributed by atoms with van der Waals surface area (Å²) in [5, 5.41) is 3.15. The maximum atomic E-state index is 13.6. The Balaban J connectivity index is 2.00. The number of carbonyl (C=O) groups is 1. The molecule has 0 aliphatic carbocycles. The van der Waals surface area contributed by atoms with Gasteiger partial charge in [0.2, 0.25) is 5.91 Å². The lowest BCUT2D eigenvalue weighted by Gasteiger charge is -2.35. The van der Waals surface area contributed by atoms with Gasteiger partial charge in [-0.3, -0.25) is 4.79 Å². The van der Waals surface area contributed by atoms with Crippen LogP contribution in [-0.4, -0.2) is 36.5 Å². The van der Waals surface area contributed by atoms with Gasteiger partial charge in [-0.1, -0.05) is 6.42 Å². The predicted octanol–water partition coefficient (Wildman–Crippen LogP) is 2.42. The summed E-state index contributed by atoms with van der Waals surface area (Å²) in [6.07, 6.45) is 3.23. The number of hydrogen-bond acceptors (Lipinski definition) is 2. The Labute approximate surface area is 123 Å². The summed E-state index contributed by atoms with van der Waals surface area (Å²) < 4.78 is 27.1. The number of benzene rings is 1. The van der Waals surface area contributed by atoms with Crippen molar-refractivity contribution in [3.05, 3.63) is 35.4 Å². The van der Waals surface area contributed by atoms with Gasteiger partial charge in [0.1, 0.15) is 11.6 Å². The van der Waals surface area contributed by atoms with Crippen molar-refractivity contribution >= 4 is 5.91 Å². The molecule has 0 saturated carbocycles.